The second-order valence-electron chi connectivity index (χ2n) is 4.93. The molecule has 5 nitrogen and oxygen atoms in total. The number of carbonyl (C=O) groups excluding carboxylic acids is 1. The van der Waals surface area contributed by atoms with E-state index in [-0.39, 0.29) is 18.6 Å². The fourth-order valence-corrected chi connectivity index (χ4v) is 1.99. The Bertz CT molecular complexity index is 277. The monoisotopic (exact) mass is 258 g/mol. The summed E-state index contributed by atoms with van der Waals surface area (Å²) in [6, 6.07) is -0.0995. The smallest absolute Gasteiger partial charge is 0.317 e. The molecule has 106 valence electrons. The molecule has 18 heavy (non-hydrogen) atoms. The Morgan fingerprint density at radius 2 is 1.72 bits per heavy atom. The molecule has 5 heteroatoms. The van der Waals surface area contributed by atoms with E-state index in [1.54, 1.807) is 14.0 Å². The lowest BCUT2D eigenvalue weighted by atomic mass is 9.96. The molecule has 2 atom stereocenters. The van der Waals surface area contributed by atoms with Gasteiger partial charge in [-0.3, -0.25) is 4.79 Å². The van der Waals surface area contributed by atoms with Crippen LogP contribution in [0.3, 0.4) is 0 Å². The molecule has 0 saturated carbocycles. The molecule has 2 N–H and O–H groups in total. The van der Waals surface area contributed by atoms with Gasteiger partial charge in [0.25, 0.3) is 0 Å². The fraction of sp³-hybridized carbons (Fsp3) is 0.846. The maximum absolute atomic E-state index is 11.9. The van der Waals surface area contributed by atoms with Crippen molar-refractivity contribution in [3.63, 3.8) is 0 Å². The number of carboxylic acids is 1. The Hall–Kier alpha value is -1.26. The van der Waals surface area contributed by atoms with E-state index in [9.17, 15) is 9.59 Å². The van der Waals surface area contributed by atoms with Gasteiger partial charge in [0.2, 0.25) is 0 Å². The molecule has 0 radical (unpaired) electrons. The molecule has 0 aromatic carbocycles. The zero-order valence-electron chi connectivity index (χ0n) is 12.1. The quantitative estimate of drug-likeness (QED) is 0.735. The van der Waals surface area contributed by atoms with Crippen LogP contribution in [-0.2, 0) is 4.79 Å². The number of carboxylic acid groups (broad SMARTS) is 1. The van der Waals surface area contributed by atoms with Gasteiger partial charge in [-0.2, -0.15) is 0 Å². The number of hydrogen-bond donors (Lipinski definition) is 2. The summed E-state index contributed by atoms with van der Waals surface area (Å²) in [5, 5.41) is 11.7. The molecule has 0 aromatic rings. The Labute approximate surface area is 110 Å². The molecule has 2 amide bonds. The van der Waals surface area contributed by atoms with Gasteiger partial charge >= 0.3 is 12.0 Å². The minimum atomic E-state index is -0.886. The van der Waals surface area contributed by atoms with Crippen LogP contribution in [0.1, 0.15) is 40.5 Å². The second kappa shape index (κ2) is 7.95. The SMILES string of the molecule is CCC(CC)C(C)NC(=O)N(C)CC(C)C(=O)O. The van der Waals surface area contributed by atoms with Crippen LogP contribution < -0.4 is 5.32 Å². The number of hydrogen-bond acceptors (Lipinski definition) is 2. The number of nitrogens with one attached hydrogen (secondary N) is 1. The van der Waals surface area contributed by atoms with Crippen LogP contribution in [0.15, 0.2) is 0 Å². The highest BCUT2D eigenvalue weighted by atomic mass is 16.4. The first-order valence-corrected chi connectivity index (χ1v) is 6.57. The molecule has 2 unspecified atom stereocenters. The largest absolute Gasteiger partial charge is 0.481 e. The van der Waals surface area contributed by atoms with Crippen LogP contribution in [0.2, 0.25) is 0 Å². The van der Waals surface area contributed by atoms with Gasteiger partial charge in [0, 0.05) is 19.6 Å². The summed E-state index contributed by atoms with van der Waals surface area (Å²) in [7, 11) is 1.62. The van der Waals surface area contributed by atoms with Gasteiger partial charge < -0.3 is 15.3 Å². The van der Waals surface area contributed by atoms with Gasteiger partial charge in [0.1, 0.15) is 0 Å². The summed E-state index contributed by atoms with van der Waals surface area (Å²) in [5.74, 6) is -0.980. The van der Waals surface area contributed by atoms with Gasteiger partial charge in [-0.1, -0.05) is 33.6 Å². The van der Waals surface area contributed by atoms with Crippen LogP contribution >= 0.6 is 0 Å². The Kier molecular flexibility index (Phi) is 7.39. The number of nitrogens with zero attached hydrogens (tertiary/aromatic N) is 1. The van der Waals surface area contributed by atoms with E-state index in [2.05, 4.69) is 19.2 Å². The summed E-state index contributed by atoms with van der Waals surface area (Å²) < 4.78 is 0. The van der Waals surface area contributed by atoms with Crippen molar-refractivity contribution in [2.45, 2.75) is 46.6 Å². The maximum atomic E-state index is 11.9. The highest BCUT2D eigenvalue weighted by molar-refractivity contribution is 5.75. The third-order valence-corrected chi connectivity index (χ3v) is 3.42. The van der Waals surface area contributed by atoms with Gasteiger partial charge in [0.05, 0.1) is 5.92 Å². The van der Waals surface area contributed by atoms with Crippen molar-refractivity contribution in [1.82, 2.24) is 10.2 Å². The zero-order chi connectivity index (χ0) is 14.3. The Morgan fingerprint density at radius 1 is 1.22 bits per heavy atom. The highest BCUT2D eigenvalue weighted by Gasteiger charge is 2.20. The molecular formula is C13H26N2O3. The average Bonchev–Trinajstić information content (AvgIpc) is 2.29. The third kappa shape index (κ3) is 5.38. The molecule has 0 bridgehead atoms. The van der Waals surface area contributed by atoms with Crippen LogP contribution in [0.5, 0.6) is 0 Å². The van der Waals surface area contributed by atoms with E-state index < -0.39 is 11.9 Å². The molecule has 0 heterocycles. The van der Waals surface area contributed by atoms with E-state index in [4.69, 9.17) is 5.11 Å². The minimum Gasteiger partial charge on any atom is -0.481 e. The number of rotatable bonds is 7. The lowest BCUT2D eigenvalue weighted by Crippen LogP contribution is -2.46. The molecule has 0 fully saturated rings. The lowest BCUT2D eigenvalue weighted by Gasteiger charge is -2.26. The molecule has 0 aliphatic carbocycles. The first-order valence-electron chi connectivity index (χ1n) is 6.57. The van der Waals surface area contributed by atoms with E-state index in [1.807, 2.05) is 6.92 Å². The van der Waals surface area contributed by atoms with Gasteiger partial charge in [-0.25, -0.2) is 4.79 Å². The first-order chi connectivity index (χ1) is 8.33. The van der Waals surface area contributed by atoms with Gasteiger partial charge in [-0.15, -0.1) is 0 Å². The maximum Gasteiger partial charge on any atom is 0.317 e. The van der Waals surface area contributed by atoms with Crippen molar-refractivity contribution in [2.24, 2.45) is 11.8 Å². The van der Waals surface area contributed by atoms with Crippen molar-refractivity contribution >= 4 is 12.0 Å². The van der Waals surface area contributed by atoms with Crippen molar-refractivity contribution in [3.05, 3.63) is 0 Å². The van der Waals surface area contributed by atoms with Crippen molar-refractivity contribution in [3.8, 4) is 0 Å². The highest BCUT2D eigenvalue weighted by Crippen LogP contribution is 2.12. The van der Waals surface area contributed by atoms with E-state index in [0.717, 1.165) is 12.8 Å². The molecule has 0 rings (SSSR count). The van der Waals surface area contributed by atoms with E-state index >= 15 is 0 Å². The molecule has 0 spiro atoms. The lowest BCUT2D eigenvalue weighted by molar-refractivity contribution is -0.141. The average molecular weight is 258 g/mol. The second-order valence-corrected chi connectivity index (χ2v) is 4.93. The van der Waals surface area contributed by atoms with Gasteiger partial charge in [-0.05, 0) is 12.8 Å². The Balaban J connectivity index is 4.27. The topological polar surface area (TPSA) is 69.6 Å². The molecule has 0 aromatic heterocycles. The minimum absolute atomic E-state index is 0.107. The van der Waals surface area contributed by atoms with Crippen LogP contribution in [0.4, 0.5) is 4.79 Å². The van der Waals surface area contributed by atoms with Crippen molar-refractivity contribution < 1.29 is 14.7 Å². The first kappa shape index (κ1) is 16.7. The van der Waals surface area contributed by atoms with E-state index in [1.165, 1.54) is 4.90 Å². The Morgan fingerprint density at radius 3 is 2.11 bits per heavy atom. The summed E-state index contributed by atoms with van der Waals surface area (Å²) in [5.41, 5.74) is 0. The van der Waals surface area contributed by atoms with Crippen LogP contribution in [0.25, 0.3) is 0 Å². The van der Waals surface area contributed by atoms with Crippen LogP contribution in [-0.4, -0.2) is 41.6 Å². The third-order valence-electron chi connectivity index (χ3n) is 3.42. The standard InChI is InChI=1S/C13H26N2O3/c1-6-11(7-2)10(4)14-13(18)15(5)8-9(3)12(16)17/h9-11H,6-8H2,1-5H3,(H,14,18)(H,16,17). The number of carbonyl (C=O) groups is 2. The fourth-order valence-electron chi connectivity index (χ4n) is 1.99. The normalized spacial score (nSPS) is 14.1. The zero-order valence-corrected chi connectivity index (χ0v) is 12.1. The van der Waals surface area contributed by atoms with Crippen LogP contribution in [0, 0.1) is 11.8 Å². The van der Waals surface area contributed by atoms with Crippen molar-refractivity contribution in [1.29, 1.82) is 0 Å². The predicted octanol–water partition coefficient (Wildman–Crippen LogP) is 2.17. The predicted molar refractivity (Wildman–Crippen MR) is 71.5 cm³/mol. The summed E-state index contributed by atoms with van der Waals surface area (Å²) in [6.45, 7) is 8.01. The number of urea groups is 1. The molecular weight excluding hydrogens is 232 g/mol. The molecule has 0 aliphatic heterocycles. The summed E-state index contributed by atoms with van der Waals surface area (Å²) in [6.07, 6.45) is 2.04. The molecule has 0 saturated heterocycles. The molecule has 0 aliphatic rings. The number of amides is 2. The van der Waals surface area contributed by atoms with Gasteiger partial charge in [0.15, 0.2) is 0 Å². The van der Waals surface area contributed by atoms with Crippen molar-refractivity contribution in [2.75, 3.05) is 13.6 Å². The summed E-state index contributed by atoms with van der Waals surface area (Å²) >= 11 is 0. The summed E-state index contributed by atoms with van der Waals surface area (Å²) in [4.78, 5) is 24.0. The van der Waals surface area contributed by atoms with E-state index in [0.29, 0.717) is 5.92 Å². The number of aliphatic carboxylic acids is 1.